The molecule has 4 unspecified atom stereocenters. The minimum atomic E-state index is -0.107. The lowest BCUT2D eigenvalue weighted by atomic mass is 9.96. The van der Waals surface area contributed by atoms with Gasteiger partial charge >= 0.3 is 0 Å². The maximum atomic E-state index is 3.93. The van der Waals surface area contributed by atoms with Crippen molar-refractivity contribution in [2.45, 2.75) is 24.7 Å². The van der Waals surface area contributed by atoms with E-state index in [-0.39, 0.29) is 24.7 Å². The van der Waals surface area contributed by atoms with Crippen molar-refractivity contribution in [3.05, 3.63) is 198 Å². The molecule has 0 bridgehead atoms. The molecular formula is C46H37N5. The van der Waals surface area contributed by atoms with Gasteiger partial charge in [0.2, 0.25) is 0 Å². The van der Waals surface area contributed by atoms with E-state index in [0.717, 1.165) is 11.4 Å². The Labute approximate surface area is 297 Å². The highest BCUT2D eigenvalue weighted by Gasteiger charge is 2.34. The summed E-state index contributed by atoms with van der Waals surface area (Å²) >= 11 is 0. The van der Waals surface area contributed by atoms with Crippen molar-refractivity contribution in [2.75, 3.05) is 10.2 Å². The topological polar surface area (TPSA) is 51.4 Å². The summed E-state index contributed by atoms with van der Waals surface area (Å²) in [7, 11) is 0. The average molecular weight is 660 g/mol. The minimum Gasteiger partial charge on any atom is -0.359 e. The molecule has 0 saturated carbocycles. The van der Waals surface area contributed by atoms with E-state index >= 15 is 0 Å². The van der Waals surface area contributed by atoms with E-state index in [2.05, 4.69) is 202 Å². The van der Waals surface area contributed by atoms with Gasteiger partial charge in [-0.2, -0.15) is 0 Å². The summed E-state index contributed by atoms with van der Waals surface area (Å²) in [5.41, 5.74) is 8.33. The zero-order chi connectivity index (χ0) is 33.7. The van der Waals surface area contributed by atoms with Crippen molar-refractivity contribution in [1.82, 2.24) is 16.0 Å². The van der Waals surface area contributed by atoms with Gasteiger partial charge in [0.25, 0.3) is 0 Å². The normalized spacial score (nSPS) is 20.0. The van der Waals surface area contributed by atoms with E-state index in [1.807, 2.05) is 0 Å². The molecule has 2 aliphatic heterocycles. The van der Waals surface area contributed by atoms with Gasteiger partial charge in [0.05, 0.1) is 29.9 Å². The lowest BCUT2D eigenvalue weighted by Gasteiger charge is -2.40. The molecule has 51 heavy (non-hydrogen) atoms. The van der Waals surface area contributed by atoms with Crippen molar-refractivity contribution in [3.63, 3.8) is 0 Å². The molecule has 4 N–H and O–H groups in total. The summed E-state index contributed by atoms with van der Waals surface area (Å²) in [6.07, 6.45) is -0.256. The molecule has 5 nitrogen and oxygen atoms in total. The molecule has 0 aromatic heterocycles. The Hall–Kier alpha value is -5.98. The van der Waals surface area contributed by atoms with Crippen molar-refractivity contribution in [1.29, 1.82) is 0 Å². The quantitative estimate of drug-likeness (QED) is 0.139. The van der Waals surface area contributed by atoms with Crippen LogP contribution in [0.3, 0.4) is 0 Å². The van der Waals surface area contributed by atoms with E-state index in [9.17, 15) is 0 Å². The summed E-state index contributed by atoms with van der Waals surface area (Å²) in [6.45, 7) is 0. The highest BCUT2D eigenvalue weighted by Crippen LogP contribution is 2.51. The van der Waals surface area contributed by atoms with Crippen LogP contribution in [0.4, 0.5) is 17.1 Å². The maximum absolute atomic E-state index is 3.93. The van der Waals surface area contributed by atoms with Gasteiger partial charge in [-0.25, -0.2) is 0 Å². The molecule has 1 saturated heterocycles. The second kappa shape index (κ2) is 12.4. The molecule has 8 aromatic rings. The van der Waals surface area contributed by atoms with Crippen LogP contribution in [0.25, 0.3) is 32.3 Å². The van der Waals surface area contributed by atoms with Gasteiger partial charge < -0.3 is 10.2 Å². The van der Waals surface area contributed by atoms with E-state index in [4.69, 9.17) is 0 Å². The number of hydrogen-bond donors (Lipinski definition) is 4. The smallest absolute Gasteiger partial charge is 0.130 e. The van der Waals surface area contributed by atoms with Crippen LogP contribution in [-0.2, 0) is 0 Å². The second-order valence-corrected chi connectivity index (χ2v) is 13.6. The number of hydrogen-bond acceptors (Lipinski definition) is 5. The third-order valence-electron chi connectivity index (χ3n) is 10.5. The number of anilines is 3. The molecular weight excluding hydrogens is 623 g/mol. The molecule has 2 aliphatic rings. The fraction of sp³-hybridized carbons (Fsp3) is 0.0870. The molecule has 0 spiro atoms. The number of fused-ring (bicyclic) bond motifs is 6. The van der Waals surface area contributed by atoms with Gasteiger partial charge in [-0.1, -0.05) is 146 Å². The predicted octanol–water partition coefficient (Wildman–Crippen LogP) is 10.6. The van der Waals surface area contributed by atoms with Crippen LogP contribution in [0.15, 0.2) is 176 Å². The molecule has 0 aliphatic carbocycles. The molecule has 246 valence electrons. The zero-order valence-corrected chi connectivity index (χ0v) is 28.0. The van der Waals surface area contributed by atoms with Crippen molar-refractivity contribution >= 4 is 49.4 Å². The Kier molecular flexibility index (Phi) is 7.27. The first-order valence-electron chi connectivity index (χ1n) is 17.7. The highest BCUT2D eigenvalue weighted by atomic mass is 15.4. The molecule has 2 heterocycles. The van der Waals surface area contributed by atoms with Gasteiger partial charge in [0, 0.05) is 11.1 Å². The largest absolute Gasteiger partial charge is 0.359 e. The molecule has 10 rings (SSSR count). The monoisotopic (exact) mass is 659 g/mol. The lowest BCUT2D eigenvalue weighted by Crippen LogP contribution is -2.54. The molecule has 0 radical (unpaired) electrons. The van der Waals surface area contributed by atoms with E-state index in [0.29, 0.717) is 0 Å². The third kappa shape index (κ3) is 5.31. The first-order valence-corrected chi connectivity index (χ1v) is 17.7. The number of benzene rings is 8. The molecule has 5 heteroatoms. The van der Waals surface area contributed by atoms with Crippen LogP contribution in [0.1, 0.15) is 46.9 Å². The number of para-hydroxylation sites is 1. The number of nitrogens with one attached hydrogen (secondary N) is 4. The Bertz CT molecular complexity index is 2520. The van der Waals surface area contributed by atoms with Crippen LogP contribution in [0, 0.1) is 0 Å². The lowest BCUT2D eigenvalue weighted by molar-refractivity contribution is 0.203. The van der Waals surface area contributed by atoms with E-state index in [1.54, 1.807) is 0 Å². The van der Waals surface area contributed by atoms with Crippen molar-refractivity contribution in [3.8, 4) is 0 Å². The van der Waals surface area contributed by atoms with Crippen molar-refractivity contribution < 1.29 is 0 Å². The fourth-order valence-electron chi connectivity index (χ4n) is 8.02. The first-order chi connectivity index (χ1) is 25.3. The van der Waals surface area contributed by atoms with Gasteiger partial charge in [-0.3, -0.25) is 16.0 Å². The SMILES string of the molecule is c1ccc(C2NC(c3ccc4ccccc4c3)NC(c3ccc4ccc5ccc6c(c5c4c3)N(c3ccccc3)C(c3ccccc3)N6)N2)cc1. The van der Waals surface area contributed by atoms with Gasteiger partial charge in [-0.05, 0) is 79.5 Å². The minimum absolute atomic E-state index is 0.0327. The van der Waals surface area contributed by atoms with E-state index < -0.39 is 0 Å². The summed E-state index contributed by atoms with van der Waals surface area (Å²) < 4.78 is 0. The molecule has 8 aromatic carbocycles. The average Bonchev–Trinajstić information content (AvgIpc) is 3.61. The van der Waals surface area contributed by atoms with Crippen LogP contribution in [0.5, 0.6) is 0 Å². The Morgan fingerprint density at radius 1 is 0.392 bits per heavy atom. The van der Waals surface area contributed by atoms with E-state index in [1.165, 1.54) is 60.3 Å². The van der Waals surface area contributed by atoms with Crippen LogP contribution in [0.2, 0.25) is 0 Å². The van der Waals surface area contributed by atoms with Crippen LogP contribution in [-0.4, -0.2) is 0 Å². The zero-order valence-electron chi connectivity index (χ0n) is 28.0. The summed E-state index contributed by atoms with van der Waals surface area (Å²) in [4.78, 5) is 2.47. The molecule has 0 amide bonds. The van der Waals surface area contributed by atoms with Gasteiger partial charge in [0.15, 0.2) is 0 Å². The van der Waals surface area contributed by atoms with Gasteiger partial charge in [-0.15, -0.1) is 0 Å². The Balaban J connectivity index is 1.12. The maximum Gasteiger partial charge on any atom is 0.130 e. The van der Waals surface area contributed by atoms with Crippen LogP contribution < -0.4 is 26.2 Å². The standard InChI is InChI=1S/C46H37N5/c1-4-13-33(14-5-1)43-48-44(36-24-20-30-12-10-11-17-35(30)28-36)50-45(49-43)37-25-22-31-21-23-32-26-27-40-42(41(32)39(31)29-37)51(38-18-8-3-9-19-38)46(47-40)34-15-6-2-7-16-34/h1-29,43-50H. The van der Waals surface area contributed by atoms with Crippen LogP contribution >= 0.6 is 0 Å². The number of rotatable bonds is 5. The second-order valence-electron chi connectivity index (χ2n) is 13.6. The highest BCUT2D eigenvalue weighted by molar-refractivity contribution is 6.18. The third-order valence-corrected chi connectivity index (χ3v) is 10.5. The Morgan fingerprint density at radius 3 is 1.65 bits per heavy atom. The summed E-state index contributed by atoms with van der Waals surface area (Å²) in [5, 5.41) is 23.0. The Morgan fingerprint density at radius 2 is 0.922 bits per heavy atom. The summed E-state index contributed by atoms with van der Waals surface area (Å²) in [6, 6.07) is 63.5. The predicted molar refractivity (Wildman–Crippen MR) is 211 cm³/mol. The molecule has 4 atom stereocenters. The first kappa shape index (κ1) is 29.9. The fourth-order valence-corrected chi connectivity index (χ4v) is 8.02. The summed E-state index contributed by atoms with van der Waals surface area (Å²) in [5.74, 6) is 0. The van der Waals surface area contributed by atoms with Gasteiger partial charge in [0.1, 0.15) is 6.17 Å². The van der Waals surface area contributed by atoms with Crippen molar-refractivity contribution in [2.24, 2.45) is 0 Å². The number of nitrogens with zero attached hydrogens (tertiary/aromatic N) is 1. The molecule has 1 fully saturated rings.